The number of aromatic nitrogens is 3. The molecule has 0 spiro atoms. The number of rotatable bonds is 6. The summed E-state index contributed by atoms with van der Waals surface area (Å²) in [4.78, 5) is 0.0748. The number of nitrogens with one attached hydrogen (secondary N) is 1. The van der Waals surface area contributed by atoms with Gasteiger partial charge >= 0.3 is 0 Å². The molecule has 0 fully saturated rings. The molecule has 0 saturated carbocycles. The van der Waals surface area contributed by atoms with Gasteiger partial charge in [-0.15, -0.1) is 10.2 Å². The molecule has 0 unspecified atom stereocenters. The zero-order valence-electron chi connectivity index (χ0n) is 14.0. The highest BCUT2D eigenvalue weighted by Gasteiger charge is 2.23. The second kappa shape index (κ2) is 6.69. The van der Waals surface area contributed by atoms with Gasteiger partial charge in [0, 0.05) is 12.3 Å². The van der Waals surface area contributed by atoms with E-state index in [9.17, 15) is 8.42 Å². The molecule has 9 heteroatoms. The number of hydrogen-bond acceptors (Lipinski definition) is 6. The average molecular weight is 362 g/mol. The van der Waals surface area contributed by atoms with E-state index in [1.54, 1.807) is 29.7 Å². The van der Waals surface area contributed by atoms with Crippen molar-refractivity contribution in [1.29, 1.82) is 0 Å². The third-order valence-corrected chi connectivity index (χ3v) is 5.26. The predicted molar refractivity (Wildman–Crippen MR) is 91.3 cm³/mol. The van der Waals surface area contributed by atoms with Gasteiger partial charge < -0.3 is 9.47 Å². The van der Waals surface area contributed by atoms with Crippen LogP contribution in [0.5, 0.6) is 11.5 Å². The van der Waals surface area contributed by atoms with Gasteiger partial charge in [-0.3, -0.25) is 4.40 Å². The van der Waals surface area contributed by atoms with Crippen LogP contribution < -0.4 is 14.2 Å². The van der Waals surface area contributed by atoms with Gasteiger partial charge in [-0.05, 0) is 31.2 Å². The molecule has 3 aromatic rings. The van der Waals surface area contributed by atoms with Crippen molar-refractivity contribution in [2.45, 2.75) is 17.9 Å². The summed E-state index contributed by atoms with van der Waals surface area (Å²) in [6.45, 7) is 1.71. The van der Waals surface area contributed by atoms with Crippen molar-refractivity contribution < 1.29 is 17.9 Å². The molecule has 8 nitrogen and oxygen atoms in total. The van der Waals surface area contributed by atoms with Crippen LogP contribution in [0.2, 0.25) is 0 Å². The molecular weight excluding hydrogens is 344 g/mol. The first-order chi connectivity index (χ1) is 12.0. The fourth-order valence-corrected chi connectivity index (χ4v) is 3.71. The van der Waals surface area contributed by atoms with Crippen molar-refractivity contribution in [3.8, 4) is 11.5 Å². The summed E-state index contributed by atoms with van der Waals surface area (Å²) in [5, 5.41) is 8.11. The van der Waals surface area contributed by atoms with Gasteiger partial charge in [-0.2, -0.15) is 0 Å². The summed E-state index contributed by atoms with van der Waals surface area (Å²) in [6.07, 6.45) is 1.78. The standard InChI is InChI=1S/C16H18N4O4S/c1-11(16-18-17-15-6-4-5-9-20(15)16)19-25(21,22)12-7-8-13(23-2)14(10-12)24-3/h4-11,19H,1-3H3/t11-/m0/s1. The lowest BCUT2D eigenvalue weighted by Crippen LogP contribution is -2.28. The van der Waals surface area contributed by atoms with E-state index < -0.39 is 16.1 Å². The first-order valence-electron chi connectivity index (χ1n) is 7.50. The molecule has 3 rings (SSSR count). The SMILES string of the molecule is COc1ccc(S(=O)(=O)N[C@@H](C)c2nnc3ccccn23)cc1OC. The number of hydrogen-bond donors (Lipinski definition) is 1. The van der Waals surface area contributed by atoms with Crippen molar-refractivity contribution in [2.75, 3.05) is 14.2 Å². The topological polar surface area (TPSA) is 94.8 Å². The number of fused-ring (bicyclic) bond motifs is 1. The predicted octanol–water partition coefficient (Wildman–Crippen LogP) is 1.79. The zero-order valence-corrected chi connectivity index (χ0v) is 14.8. The molecule has 0 aliphatic rings. The van der Waals surface area contributed by atoms with Crippen LogP contribution in [0.25, 0.3) is 5.65 Å². The molecule has 0 radical (unpaired) electrons. The van der Waals surface area contributed by atoms with Crippen LogP contribution in [-0.2, 0) is 10.0 Å². The van der Waals surface area contributed by atoms with E-state index in [2.05, 4.69) is 14.9 Å². The summed E-state index contributed by atoms with van der Waals surface area (Å²) in [5.41, 5.74) is 0.648. The third kappa shape index (κ3) is 3.28. The Kier molecular flexibility index (Phi) is 4.60. The van der Waals surface area contributed by atoms with Gasteiger partial charge in [0.25, 0.3) is 0 Å². The van der Waals surface area contributed by atoms with E-state index in [4.69, 9.17) is 9.47 Å². The Hall–Kier alpha value is -2.65. The maximum atomic E-state index is 12.7. The number of sulfonamides is 1. The Bertz CT molecular complexity index is 1000. The average Bonchev–Trinajstić information content (AvgIpc) is 3.05. The van der Waals surface area contributed by atoms with E-state index >= 15 is 0 Å². The molecule has 25 heavy (non-hydrogen) atoms. The fraction of sp³-hybridized carbons (Fsp3) is 0.250. The van der Waals surface area contributed by atoms with Crippen LogP contribution in [0.1, 0.15) is 18.8 Å². The Morgan fingerprint density at radius 3 is 2.56 bits per heavy atom. The van der Waals surface area contributed by atoms with E-state index in [-0.39, 0.29) is 4.90 Å². The summed E-state index contributed by atoms with van der Waals surface area (Å²) >= 11 is 0. The molecule has 0 bridgehead atoms. The molecule has 0 aliphatic carbocycles. The highest BCUT2D eigenvalue weighted by molar-refractivity contribution is 7.89. The highest BCUT2D eigenvalue weighted by Crippen LogP contribution is 2.29. The monoisotopic (exact) mass is 362 g/mol. The zero-order chi connectivity index (χ0) is 18.0. The summed E-state index contributed by atoms with van der Waals surface area (Å²) in [7, 11) is -0.839. The Morgan fingerprint density at radius 1 is 1.08 bits per heavy atom. The summed E-state index contributed by atoms with van der Waals surface area (Å²) in [5.74, 6) is 1.29. The number of pyridine rings is 1. The lowest BCUT2D eigenvalue weighted by atomic mass is 10.3. The molecule has 1 atom stereocenters. The smallest absolute Gasteiger partial charge is 0.241 e. The summed E-state index contributed by atoms with van der Waals surface area (Å²) in [6, 6.07) is 9.31. The Labute approximate surface area is 145 Å². The lowest BCUT2D eigenvalue weighted by Gasteiger charge is -2.14. The molecule has 2 heterocycles. The van der Waals surface area contributed by atoms with Crippen LogP contribution in [0.3, 0.4) is 0 Å². The second-order valence-corrected chi connectivity index (χ2v) is 7.06. The minimum atomic E-state index is -3.78. The van der Waals surface area contributed by atoms with Gasteiger partial charge in [-0.25, -0.2) is 13.1 Å². The fourth-order valence-electron chi connectivity index (χ4n) is 2.49. The van der Waals surface area contributed by atoms with E-state index in [0.29, 0.717) is 23.0 Å². The molecule has 2 aromatic heterocycles. The van der Waals surface area contributed by atoms with Crippen LogP contribution in [0.15, 0.2) is 47.5 Å². The highest BCUT2D eigenvalue weighted by atomic mass is 32.2. The Balaban J connectivity index is 1.91. The van der Waals surface area contributed by atoms with Gasteiger partial charge in [0.1, 0.15) is 0 Å². The molecule has 0 amide bonds. The van der Waals surface area contributed by atoms with Gasteiger partial charge in [0.2, 0.25) is 10.0 Å². The van der Waals surface area contributed by atoms with E-state index in [1.807, 2.05) is 12.1 Å². The molecule has 0 saturated heterocycles. The van der Waals surface area contributed by atoms with Crippen molar-refractivity contribution in [1.82, 2.24) is 19.3 Å². The van der Waals surface area contributed by atoms with Crippen LogP contribution in [0.4, 0.5) is 0 Å². The number of nitrogens with zero attached hydrogens (tertiary/aromatic N) is 3. The largest absolute Gasteiger partial charge is 0.493 e. The normalized spacial score (nSPS) is 12.9. The molecule has 1 N–H and O–H groups in total. The van der Waals surface area contributed by atoms with Crippen molar-refractivity contribution >= 4 is 15.7 Å². The maximum Gasteiger partial charge on any atom is 0.241 e. The minimum Gasteiger partial charge on any atom is -0.493 e. The van der Waals surface area contributed by atoms with Crippen molar-refractivity contribution in [3.63, 3.8) is 0 Å². The van der Waals surface area contributed by atoms with E-state index in [0.717, 1.165) is 0 Å². The maximum absolute atomic E-state index is 12.7. The van der Waals surface area contributed by atoms with Crippen molar-refractivity contribution in [2.24, 2.45) is 0 Å². The first-order valence-corrected chi connectivity index (χ1v) is 8.98. The van der Waals surface area contributed by atoms with Crippen LogP contribution in [0, 0.1) is 0 Å². The Morgan fingerprint density at radius 2 is 1.84 bits per heavy atom. The molecule has 132 valence electrons. The van der Waals surface area contributed by atoms with Gasteiger partial charge in [-0.1, -0.05) is 6.07 Å². The first kappa shape index (κ1) is 17.2. The van der Waals surface area contributed by atoms with Gasteiger partial charge in [0.15, 0.2) is 23.0 Å². The van der Waals surface area contributed by atoms with Crippen molar-refractivity contribution in [3.05, 3.63) is 48.4 Å². The number of ether oxygens (including phenoxy) is 2. The van der Waals surface area contributed by atoms with Crippen LogP contribution >= 0.6 is 0 Å². The third-order valence-electron chi connectivity index (χ3n) is 3.72. The quantitative estimate of drug-likeness (QED) is 0.718. The van der Waals surface area contributed by atoms with E-state index in [1.165, 1.54) is 26.4 Å². The molecular formula is C16H18N4O4S. The number of methoxy groups -OCH3 is 2. The molecule has 1 aromatic carbocycles. The minimum absolute atomic E-state index is 0.0748. The van der Waals surface area contributed by atoms with Gasteiger partial charge in [0.05, 0.1) is 25.2 Å². The lowest BCUT2D eigenvalue weighted by molar-refractivity contribution is 0.354. The molecule has 0 aliphatic heterocycles. The second-order valence-electron chi connectivity index (χ2n) is 5.35. The number of benzene rings is 1. The summed E-state index contributed by atoms with van der Waals surface area (Å²) < 4.78 is 40.0. The van der Waals surface area contributed by atoms with Crippen LogP contribution in [-0.4, -0.2) is 37.2 Å².